The second kappa shape index (κ2) is 8.40. The van der Waals surface area contributed by atoms with Gasteiger partial charge in [-0.15, -0.1) is 0 Å². The third-order valence-electron chi connectivity index (χ3n) is 2.73. The molecule has 0 amide bonds. The lowest BCUT2D eigenvalue weighted by molar-refractivity contribution is -0.118. The Morgan fingerprint density at radius 1 is 1.24 bits per heavy atom. The minimum Gasteiger partial charge on any atom is -0.299 e. The van der Waals surface area contributed by atoms with E-state index in [9.17, 15) is 4.79 Å². The molecule has 3 heteroatoms. The first kappa shape index (κ1) is 14.4. The Hall–Kier alpha value is -0.700. The van der Waals surface area contributed by atoms with E-state index in [1.165, 1.54) is 25.7 Å². The monoisotopic (exact) mass is 297 g/mol. The van der Waals surface area contributed by atoms with Crippen molar-refractivity contribution in [1.29, 1.82) is 0 Å². The summed E-state index contributed by atoms with van der Waals surface area (Å²) in [6, 6.07) is 3.83. The average Bonchev–Trinajstić information content (AvgIpc) is 2.32. The molecule has 0 saturated carbocycles. The number of carbonyl (C=O) groups is 1. The number of rotatable bonds is 8. The first-order valence-electron chi connectivity index (χ1n) is 6.34. The number of halogens is 1. The summed E-state index contributed by atoms with van der Waals surface area (Å²) in [5.41, 5.74) is 0.867. The Bertz CT molecular complexity index is 335. The van der Waals surface area contributed by atoms with E-state index < -0.39 is 0 Å². The van der Waals surface area contributed by atoms with Gasteiger partial charge in [0.1, 0.15) is 5.78 Å². The van der Waals surface area contributed by atoms with Gasteiger partial charge in [-0.25, -0.2) is 0 Å². The predicted octanol–water partition coefficient (Wildman–Crippen LogP) is 4.32. The fraction of sp³-hybridized carbons (Fsp3) is 0.571. The van der Waals surface area contributed by atoms with Gasteiger partial charge in [-0.1, -0.05) is 32.6 Å². The maximum absolute atomic E-state index is 11.7. The van der Waals surface area contributed by atoms with Crippen molar-refractivity contribution in [3.8, 4) is 0 Å². The van der Waals surface area contributed by atoms with Crippen LogP contribution in [0.2, 0.25) is 0 Å². The van der Waals surface area contributed by atoms with Crippen LogP contribution in [0.1, 0.15) is 51.1 Å². The molecule has 0 radical (unpaired) electrons. The first-order chi connectivity index (χ1) is 8.22. The third kappa shape index (κ3) is 6.57. The van der Waals surface area contributed by atoms with Crippen LogP contribution in [0.15, 0.2) is 22.8 Å². The molecule has 0 N–H and O–H groups in total. The molecule has 17 heavy (non-hydrogen) atoms. The lowest BCUT2D eigenvalue weighted by Gasteiger charge is -2.01. The second-order valence-electron chi connectivity index (χ2n) is 4.35. The van der Waals surface area contributed by atoms with E-state index in [2.05, 4.69) is 27.8 Å². The molecule has 0 bridgehead atoms. The Balaban J connectivity index is 2.18. The number of ketones is 1. The number of hydrogen-bond donors (Lipinski definition) is 0. The summed E-state index contributed by atoms with van der Waals surface area (Å²) in [4.78, 5) is 15.9. The highest BCUT2D eigenvalue weighted by Gasteiger charge is 2.04. The highest BCUT2D eigenvalue weighted by Crippen LogP contribution is 2.10. The van der Waals surface area contributed by atoms with Crippen molar-refractivity contribution < 1.29 is 4.79 Å². The number of unbranched alkanes of at least 4 members (excludes halogenated alkanes) is 4. The van der Waals surface area contributed by atoms with Crippen molar-refractivity contribution in [3.05, 3.63) is 28.5 Å². The van der Waals surface area contributed by atoms with Gasteiger partial charge in [0, 0.05) is 29.2 Å². The fourth-order valence-electron chi connectivity index (χ4n) is 1.73. The number of carbonyl (C=O) groups excluding carboxylic acids is 1. The third-order valence-corrected chi connectivity index (χ3v) is 3.20. The average molecular weight is 298 g/mol. The summed E-state index contributed by atoms with van der Waals surface area (Å²) in [7, 11) is 0. The summed E-state index contributed by atoms with van der Waals surface area (Å²) in [5.74, 6) is 0.302. The lowest BCUT2D eigenvalue weighted by atomic mass is 10.1. The quantitative estimate of drug-likeness (QED) is 0.669. The van der Waals surface area contributed by atoms with Crippen LogP contribution in [-0.2, 0) is 11.2 Å². The van der Waals surface area contributed by atoms with Crippen LogP contribution in [0.5, 0.6) is 0 Å². The molecule has 0 saturated heterocycles. The summed E-state index contributed by atoms with van der Waals surface area (Å²) in [5, 5.41) is 0. The molecule has 2 nitrogen and oxygen atoms in total. The van der Waals surface area contributed by atoms with Crippen molar-refractivity contribution in [2.24, 2.45) is 0 Å². The van der Waals surface area contributed by atoms with Gasteiger partial charge in [-0.2, -0.15) is 0 Å². The van der Waals surface area contributed by atoms with Crippen molar-refractivity contribution in [2.75, 3.05) is 0 Å². The molecule has 0 aromatic carbocycles. The first-order valence-corrected chi connectivity index (χ1v) is 7.14. The predicted molar refractivity (Wildman–Crippen MR) is 74.0 cm³/mol. The zero-order valence-corrected chi connectivity index (χ0v) is 12.0. The number of nitrogens with zero attached hydrogens (tertiary/aromatic N) is 1. The number of pyridine rings is 1. The minimum atomic E-state index is 0.302. The number of hydrogen-bond acceptors (Lipinski definition) is 2. The molecule has 1 aromatic heterocycles. The molecule has 1 heterocycles. The summed E-state index contributed by atoms with van der Waals surface area (Å²) >= 11 is 3.33. The Morgan fingerprint density at radius 3 is 2.65 bits per heavy atom. The largest absolute Gasteiger partial charge is 0.299 e. The maximum Gasteiger partial charge on any atom is 0.138 e. The fourth-order valence-corrected chi connectivity index (χ4v) is 1.96. The van der Waals surface area contributed by atoms with Crippen LogP contribution in [-0.4, -0.2) is 10.8 Å². The van der Waals surface area contributed by atoms with Crippen LogP contribution in [0.25, 0.3) is 0 Å². The van der Waals surface area contributed by atoms with Crippen LogP contribution in [0, 0.1) is 0 Å². The lowest BCUT2D eigenvalue weighted by Crippen LogP contribution is -2.04. The number of Topliss-reactive ketones (excluding diaryl/α,β-unsaturated/α-hetero) is 1. The van der Waals surface area contributed by atoms with Gasteiger partial charge in [0.05, 0.1) is 0 Å². The molecule has 0 fully saturated rings. The zero-order valence-electron chi connectivity index (χ0n) is 10.4. The van der Waals surface area contributed by atoms with E-state index >= 15 is 0 Å². The maximum atomic E-state index is 11.7. The van der Waals surface area contributed by atoms with Crippen molar-refractivity contribution >= 4 is 21.7 Å². The van der Waals surface area contributed by atoms with Crippen LogP contribution in [0.3, 0.4) is 0 Å². The molecule has 0 spiro atoms. The summed E-state index contributed by atoms with van der Waals surface area (Å²) in [6.07, 6.45) is 8.88. The second-order valence-corrected chi connectivity index (χ2v) is 5.26. The standard InChI is InChI=1S/C14H20BrNO/c1-2-3-4-5-6-7-14(17)10-13-9-8-12(15)11-16-13/h8-9,11H,2-7,10H2,1H3. The normalized spacial score (nSPS) is 10.5. The van der Waals surface area contributed by atoms with Gasteiger partial charge >= 0.3 is 0 Å². The molecule has 0 aliphatic carbocycles. The Kier molecular flexibility index (Phi) is 7.10. The van der Waals surface area contributed by atoms with E-state index in [0.717, 1.165) is 16.6 Å². The molecule has 1 rings (SSSR count). The molecular weight excluding hydrogens is 278 g/mol. The van der Waals surface area contributed by atoms with E-state index in [1.54, 1.807) is 6.20 Å². The van der Waals surface area contributed by atoms with E-state index in [-0.39, 0.29) is 0 Å². The highest BCUT2D eigenvalue weighted by molar-refractivity contribution is 9.10. The SMILES string of the molecule is CCCCCCCC(=O)Cc1ccc(Br)cn1. The topological polar surface area (TPSA) is 30.0 Å². The van der Waals surface area contributed by atoms with Gasteiger partial charge in [-0.05, 0) is 34.5 Å². The van der Waals surface area contributed by atoms with Crippen LogP contribution >= 0.6 is 15.9 Å². The van der Waals surface area contributed by atoms with Gasteiger partial charge in [-0.3, -0.25) is 9.78 Å². The summed E-state index contributed by atoms with van der Waals surface area (Å²) in [6.45, 7) is 2.20. The van der Waals surface area contributed by atoms with E-state index in [4.69, 9.17) is 0 Å². The molecule has 1 aromatic rings. The number of aromatic nitrogens is 1. The summed E-state index contributed by atoms with van der Waals surface area (Å²) < 4.78 is 0.952. The van der Waals surface area contributed by atoms with Gasteiger partial charge in [0.15, 0.2) is 0 Å². The molecular formula is C14H20BrNO. The van der Waals surface area contributed by atoms with Gasteiger partial charge in [0.2, 0.25) is 0 Å². The molecule has 0 unspecified atom stereocenters. The van der Waals surface area contributed by atoms with Crippen LogP contribution < -0.4 is 0 Å². The molecule has 94 valence electrons. The minimum absolute atomic E-state index is 0.302. The van der Waals surface area contributed by atoms with Gasteiger partial charge in [0.25, 0.3) is 0 Å². The molecule has 0 aliphatic heterocycles. The Labute approximate surface area is 112 Å². The van der Waals surface area contributed by atoms with Crippen molar-refractivity contribution in [3.63, 3.8) is 0 Å². The van der Waals surface area contributed by atoms with E-state index in [1.807, 2.05) is 12.1 Å². The highest BCUT2D eigenvalue weighted by atomic mass is 79.9. The van der Waals surface area contributed by atoms with Gasteiger partial charge < -0.3 is 0 Å². The Morgan fingerprint density at radius 2 is 2.00 bits per heavy atom. The molecule has 0 atom stereocenters. The van der Waals surface area contributed by atoms with E-state index in [0.29, 0.717) is 18.6 Å². The molecule has 0 aliphatic rings. The van der Waals surface area contributed by atoms with Crippen molar-refractivity contribution in [2.45, 2.75) is 51.9 Å². The zero-order chi connectivity index (χ0) is 12.5. The van der Waals surface area contributed by atoms with Crippen molar-refractivity contribution in [1.82, 2.24) is 4.98 Å². The smallest absolute Gasteiger partial charge is 0.138 e. The van der Waals surface area contributed by atoms with Crippen LogP contribution in [0.4, 0.5) is 0 Å².